The van der Waals surface area contributed by atoms with Gasteiger partial charge in [-0.2, -0.15) is 0 Å². The molecule has 1 rings (SSSR count). The van der Waals surface area contributed by atoms with Gasteiger partial charge in [0.2, 0.25) is 10.0 Å². The molecule has 0 unspecified atom stereocenters. The molecule has 0 saturated carbocycles. The molecule has 0 fully saturated rings. The molecule has 0 aliphatic rings. The second-order valence-corrected chi connectivity index (χ2v) is 6.29. The van der Waals surface area contributed by atoms with E-state index < -0.39 is 10.0 Å². The SMILES string of the molecule is C/C=C(\C=C(/C)c1ccc(F)cc1)N(C)S(C)(=O)=O. The molecule has 104 valence electrons. The second kappa shape index (κ2) is 6.02. The summed E-state index contributed by atoms with van der Waals surface area (Å²) in [6, 6.07) is 6.08. The van der Waals surface area contributed by atoms with Crippen LogP contribution in [0, 0.1) is 5.82 Å². The minimum atomic E-state index is -3.29. The molecule has 0 aliphatic heterocycles. The fourth-order valence-corrected chi connectivity index (χ4v) is 2.11. The minimum absolute atomic E-state index is 0.295. The van der Waals surface area contributed by atoms with E-state index >= 15 is 0 Å². The van der Waals surface area contributed by atoms with Gasteiger partial charge in [0.25, 0.3) is 0 Å². The van der Waals surface area contributed by atoms with Gasteiger partial charge in [0, 0.05) is 12.7 Å². The summed E-state index contributed by atoms with van der Waals surface area (Å²) in [6.07, 6.45) is 4.62. The number of hydrogen-bond acceptors (Lipinski definition) is 2. The number of halogens is 1. The van der Waals surface area contributed by atoms with E-state index in [-0.39, 0.29) is 5.82 Å². The maximum absolute atomic E-state index is 12.8. The van der Waals surface area contributed by atoms with Crippen molar-refractivity contribution in [2.75, 3.05) is 13.3 Å². The molecule has 19 heavy (non-hydrogen) atoms. The monoisotopic (exact) mass is 283 g/mol. The minimum Gasteiger partial charge on any atom is -0.274 e. The number of sulfonamides is 1. The summed E-state index contributed by atoms with van der Waals surface area (Å²) in [5, 5.41) is 0. The van der Waals surface area contributed by atoms with Crippen LogP contribution in [-0.4, -0.2) is 26.0 Å². The van der Waals surface area contributed by atoms with E-state index in [4.69, 9.17) is 0 Å². The zero-order chi connectivity index (χ0) is 14.6. The average Bonchev–Trinajstić information content (AvgIpc) is 2.34. The highest BCUT2D eigenvalue weighted by Crippen LogP contribution is 2.18. The van der Waals surface area contributed by atoms with Crippen LogP contribution in [0.3, 0.4) is 0 Å². The van der Waals surface area contributed by atoms with Crippen LogP contribution in [0.2, 0.25) is 0 Å². The smallest absolute Gasteiger partial charge is 0.231 e. The summed E-state index contributed by atoms with van der Waals surface area (Å²) >= 11 is 0. The molecular weight excluding hydrogens is 265 g/mol. The van der Waals surface area contributed by atoms with E-state index in [0.717, 1.165) is 17.4 Å². The number of hydrogen-bond donors (Lipinski definition) is 0. The molecule has 0 N–H and O–H groups in total. The molecule has 1 aromatic carbocycles. The predicted molar refractivity (Wildman–Crippen MR) is 76.4 cm³/mol. The molecule has 0 saturated heterocycles. The highest BCUT2D eigenvalue weighted by Gasteiger charge is 2.12. The molecule has 1 aromatic rings. The fourth-order valence-electron chi connectivity index (χ4n) is 1.57. The third kappa shape index (κ3) is 4.21. The van der Waals surface area contributed by atoms with Crippen molar-refractivity contribution in [2.24, 2.45) is 0 Å². The van der Waals surface area contributed by atoms with E-state index in [2.05, 4.69) is 0 Å². The molecule has 0 aliphatic carbocycles. The van der Waals surface area contributed by atoms with Gasteiger partial charge in [-0.3, -0.25) is 4.31 Å². The molecule has 0 radical (unpaired) electrons. The average molecular weight is 283 g/mol. The number of likely N-dealkylation sites (N-methyl/N-ethyl adjacent to an activating group) is 1. The maximum Gasteiger partial charge on any atom is 0.231 e. The highest BCUT2D eigenvalue weighted by atomic mass is 32.2. The normalized spacial score (nSPS) is 13.5. The van der Waals surface area contributed by atoms with Crippen molar-refractivity contribution < 1.29 is 12.8 Å². The molecule has 5 heteroatoms. The molecule has 0 aromatic heterocycles. The van der Waals surface area contributed by atoms with Gasteiger partial charge in [-0.1, -0.05) is 18.2 Å². The molecular formula is C14H18FNO2S. The van der Waals surface area contributed by atoms with Crippen molar-refractivity contribution in [3.05, 3.63) is 53.5 Å². The van der Waals surface area contributed by atoms with Gasteiger partial charge in [-0.15, -0.1) is 0 Å². The van der Waals surface area contributed by atoms with Gasteiger partial charge in [-0.25, -0.2) is 12.8 Å². The standard InChI is InChI=1S/C14H18FNO2S/c1-5-14(16(3)19(4,17)18)10-11(2)12-6-8-13(15)9-7-12/h5-10H,1-4H3/b11-10+,14-5+. The lowest BCUT2D eigenvalue weighted by Crippen LogP contribution is -2.24. The zero-order valence-electron chi connectivity index (χ0n) is 11.5. The topological polar surface area (TPSA) is 37.4 Å². The van der Waals surface area contributed by atoms with Crippen molar-refractivity contribution in [1.29, 1.82) is 0 Å². The van der Waals surface area contributed by atoms with E-state index in [1.54, 1.807) is 31.2 Å². The summed E-state index contributed by atoms with van der Waals surface area (Å²) in [5.74, 6) is -0.295. The van der Waals surface area contributed by atoms with Crippen LogP contribution in [-0.2, 0) is 10.0 Å². The third-order valence-electron chi connectivity index (χ3n) is 2.82. The summed E-state index contributed by atoms with van der Waals surface area (Å²) in [4.78, 5) is 0. The Labute approximate surface area is 114 Å². The summed E-state index contributed by atoms with van der Waals surface area (Å²) in [5.41, 5.74) is 2.29. The zero-order valence-corrected chi connectivity index (χ0v) is 12.3. The Morgan fingerprint density at radius 2 is 1.79 bits per heavy atom. The van der Waals surface area contributed by atoms with Crippen LogP contribution in [0.4, 0.5) is 4.39 Å². The summed E-state index contributed by atoms with van der Waals surface area (Å²) in [7, 11) is -1.79. The Bertz CT molecular complexity index is 601. The van der Waals surface area contributed by atoms with E-state index in [1.165, 1.54) is 23.5 Å². The van der Waals surface area contributed by atoms with Crippen molar-refractivity contribution >= 4 is 15.6 Å². The van der Waals surface area contributed by atoms with Crippen molar-refractivity contribution in [3.8, 4) is 0 Å². The molecule has 3 nitrogen and oxygen atoms in total. The van der Waals surface area contributed by atoms with Gasteiger partial charge in [0.05, 0.1) is 6.26 Å². The number of nitrogens with zero attached hydrogens (tertiary/aromatic N) is 1. The molecule has 0 spiro atoms. The van der Waals surface area contributed by atoms with Gasteiger partial charge >= 0.3 is 0 Å². The summed E-state index contributed by atoms with van der Waals surface area (Å²) < 4.78 is 37.1. The van der Waals surface area contributed by atoms with Crippen LogP contribution in [0.15, 0.2) is 42.1 Å². The second-order valence-electron chi connectivity index (χ2n) is 4.28. The Hall–Kier alpha value is -1.62. The number of benzene rings is 1. The first-order valence-electron chi connectivity index (χ1n) is 5.80. The lowest BCUT2D eigenvalue weighted by Gasteiger charge is -2.18. The Balaban J connectivity index is 3.09. The highest BCUT2D eigenvalue weighted by molar-refractivity contribution is 7.88. The van der Waals surface area contributed by atoms with Crippen LogP contribution >= 0.6 is 0 Å². The van der Waals surface area contributed by atoms with E-state index in [1.807, 2.05) is 6.92 Å². The Morgan fingerprint density at radius 3 is 2.21 bits per heavy atom. The van der Waals surface area contributed by atoms with E-state index in [9.17, 15) is 12.8 Å². The van der Waals surface area contributed by atoms with Crippen LogP contribution in [0.1, 0.15) is 19.4 Å². The Morgan fingerprint density at radius 1 is 1.26 bits per heavy atom. The number of allylic oxidation sites excluding steroid dienone is 3. The lowest BCUT2D eigenvalue weighted by molar-refractivity contribution is 0.536. The largest absolute Gasteiger partial charge is 0.274 e. The molecule has 0 bridgehead atoms. The van der Waals surface area contributed by atoms with Gasteiger partial charge in [0.15, 0.2) is 0 Å². The van der Waals surface area contributed by atoms with Gasteiger partial charge in [-0.05, 0) is 43.2 Å². The van der Waals surface area contributed by atoms with E-state index in [0.29, 0.717) is 5.70 Å². The van der Waals surface area contributed by atoms with Crippen LogP contribution in [0.5, 0.6) is 0 Å². The Kier molecular flexibility index (Phi) is 4.89. The molecule has 0 atom stereocenters. The van der Waals surface area contributed by atoms with Gasteiger partial charge in [0.1, 0.15) is 5.82 Å². The predicted octanol–water partition coefficient (Wildman–Crippen LogP) is 3.02. The fraction of sp³-hybridized carbons (Fsp3) is 0.286. The maximum atomic E-state index is 12.8. The van der Waals surface area contributed by atoms with Crippen molar-refractivity contribution in [3.63, 3.8) is 0 Å². The molecule has 0 amide bonds. The third-order valence-corrected chi connectivity index (χ3v) is 4.03. The lowest BCUT2D eigenvalue weighted by atomic mass is 10.1. The van der Waals surface area contributed by atoms with Crippen LogP contribution in [0.25, 0.3) is 5.57 Å². The molecule has 0 heterocycles. The number of rotatable bonds is 4. The van der Waals surface area contributed by atoms with Crippen molar-refractivity contribution in [2.45, 2.75) is 13.8 Å². The van der Waals surface area contributed by atoms with Crippen molar-refractivity contribution in [1.82, 2.24) is 4.31 Å². The summed E-state index contributed by atoms with van der Waals surface area (Å²) in [6.45, 7) is 3.62. The first kappa shape index (κ1) is 15.4. The first-order chi connectivity index (χ1) is 8.75. The first-order valence-corrected chi connectivity index (χ1v) is 7.65. The quantitative estimate of drug-likeness (QED) is 0.797. The van der Waals surface area contributed by atoms with Gasteiger partial charge < -0.3 is 0 Å². The van der Waals surface area contributed by atoms with Crippen LogP contribution < -0.4 is 0 Å².